The standard InChI is InChI=1S/C49H66ClN5O12S2/c1-10-40(56)51-27-32-14-16-33(17-15-32)28-52-41(57)18-20-68-69-21-19-42(58)54(6)31(4)46(60)66-39-25-43(59)55(7)35-23-34(24-36(63-8)44(35)50)22-29(2)12-11-13-38(64-9)49(62)26-37(65-47(61)53-49)30(3)45-48(39,5)67-45/h11-17,23-24,30-31,37-39,45,62H,10,18-22,25-28H2,1-9H3,(H,51,56)(H,52,57)(H,53,61)/b13-11+,29-12+/t30-,31+,37+,38-,39+,45-,48+,49+/m0/s1. The van der Waals surface area contributed by atoms with Gasteiger partial charge in [-0.1, -0.05) is 95.1 Å². The van der Waals surface area contributed by atoms with E-state index < -0.39 is 65.7 Å². The molecule has 2 fully saturated rings. The Labute approximate surface area is 417 Å². The van der Waals surface area contributed by atoms with Gasteiger partial charge in [-0.05, 0) is 56.0 Å². The second-order valence-electron chi connectivity index (χ2n) is 17.8. The average molecular weight is 1020 g/mol. The number of nitrogens with one attached hydrogen (secondary N) is 3. The van der Waals surface area contributed by atoms with Crippen molar-refractivity contribution in [2.75, 3.05) is 44.7 Å². The number of ether oxygens (including phenoxy) is 5. The smallest absolute Gasteiger partial charge is 0.409 e. The van der Waals surface area contributed by atoms with Crippen molar-refractivity contribution in [2.45, 2.75) is 128 Å². The molecule has 3 aliphatic rings. The van der Waals surface area contributed by atoms with E-state index in [1.165, 1.54) is 52.7 Å². The van der Waals surface area contributed by atoms with Gasteiger partial charge < -0.3 is 49.2 Å². The van der Waals surface area contributed by atoms with Crippen LogP contribution >= 0.6 is 33.2 Å². The number of benzene rings is 2. The second-order valence-corrected chi connectivity index (χ2v) is 20.9. The summed E-state index contributed by atoms with van der Waals surface area (Å²) in [5, 5.41) is 20.3. The summed E-state index contributed by atoms with van der Waals surface area (Å²) in [7, 11) is 8.90. The van der Waals surface area contributed by atoms with Crippen molar-refractivity contribution in [3.05, 3.63) is 81.9 Å². The van der Waals surface area contributed by atoms with E-state index in [0.29, 0.717) is 55.3 Å². The van der Waals surface area contributed by atoms with Gasteiger partial charge in [0.2, 0.25) is 23.6 Å². The number of alkyl carbamates (subject to hydrolysis) is 1. The van der Waals surface area contributed by atoms with E-state index in [1.54, 1.807) is 59.0 Å². The summed E-state index contributed by atoms with van der Waals surface area (Å²) < 4.78 is 29.4. The third-order valence-electron chi connectivity index (χ3n) is 12.7. The highest BCUT2D eigenvalue weighted by molar-refractivity contribution is 8.76. The highest BCUT2D eigenvalue weighted by Gasteiger charge is 2.64. The summed E-state index contributed by atoms with van der Waals surface area (Å²) in [6.45, 7) is 9.58. The van der Waals surface area contributed by atoms with Gasteiger partial charge in [-0.2, -0.15) is 0 Å². The quantitative estimate of drug-likeness (QED) is 0.0618. The Balaban J connectivity index is 1.22. The number of halogens is 1. The van der Waals surface area contributed by atoms with Crippen LogP contribution in [0.25, 0.3) is 0 Å². The maximum absolute atomic E-state index is 14.3. The lowest BCUT2D eigenvalue weighted by Crippen LogP contribution is -2.63. The Morgan fingerprint density at radius 3 is 2.30 bits per heavy atom. The molecule has 20 heteroatoms. The fourth-order valence-corrected chi connectivity index (χ4v) is 10.4. The first-order valence-corrected chi connectivity index (χ1v) is 25.8. The van der Waals surface area contributed by atoms with Crippen molar-refractivity contribution >= 4 is 74.6 Å². The molecule has 2 aromatic carbocycles. The van der Waals surface area contributed by atoms with E-state index in [0.717, 1.165) is 22.3 Å². The zero-order chi connectivity index (χ0) is 50.6. The Bertz CT molecular complexity index is 2250. The van der Waals surface area contributed by atoms with E-state index in [2.05, 4.69) is 16.0 Å². The maximum atomic E-state index is 14.3. The number of anilines is 1. The average Bonchev–Trinajstić information content (AvgIpc) is 4.03. The number of fused-ring (bicyclic) bond motifs is 5. The number of aliphatic hydroxyl groups is 1. The van der Waals surface area contributed by atoms with Crippen LogP contribution in [-0.2, 0) is 62.4 Å². The van der Waals surface area contributed by atoms with Gasteiger partial charge in [-0.25, -0.2) is 9.59 Å². The molecule has 5 rings (SSSR count). The summed E-state index contributed by atoms with van der Waals surface area (Å²) in [5.41, 5.74) is 0.864. The highest BCUT2D eigenvalue weighted by atomic mass is 35.5. The first-order valence-electron chi connectivity index (χ1n) is 22.9. The second kappa shape index (κ2) is 24.9. The SMILES string of the molecule is CCC(=O)NCc1ccc(CNC(=O)CCSSCCC(=O)N(C)[C@H](C)C(=O)O[C@@H]2CC(=O)N(C)c3cc(cc(OC)c3Cl)C/C(C)=C/C=C/[C@H](OC)[C@]3(O)C[C@@H](OC(=O)N3)[C@H](C)[C@@H]3O[C@]23C)cc1. The molecule has 378 valence electrons. The lowest BCUT2D eigenvalue weighted by atomic mass is 9.83. The van der Waals surface area contributed by atoms with Gasteiger partial charge in [-0.15, -0.1) is 0 Å². The van der Waals surface area contributed by atoms with Crippen molar-refractivity contribution < 1.29 is 57.6 Å². The number of likely N-dealkylation sites (N-methyl/N-ethyl adjacent to an activating group) is 1. The normalized spacial score (nSPS) is 26.4. The molecule has 0 aromatic heterocycles. The lowest BCUT2D eigenvalue weighted by Gasteiger charge is -2.42. The van der Waals surface area contributed by atoms with Gasteiger partial charge in [0.25, 0.3) is 0 Å². The van der Waals surface area contributed by atoms with Gasteiger partial charge in [0.15, 0.2) is 5.72 Å². The van der Waals surface area contributed by atoms with Crippen molar-refractivity contribution in [3.8, 4) is 5.75 Å². The van der Waals surface area contributed by atoms with E-state index >= 15 is 0 Å². The summed E-state index contributed by atoms with van der Waals surface area (Å²) in [5.74, 6) is -0.898. The number of rotatable bonds is 17. The molecule has 69 heavy (non-hydrogen) atoms. The summed E-state index contributed by atoms with van der Waals surface area (Å²) >= 11 is 6.81. The summed E-state index contributed by atoms with van der Waals surface area (Å²) in [6.07, 6.45) is 1.50. The molecule has 4 bridgehead atoms. The van der Waals surface area contributed by atoms with Gasteiger partial charge >= 0.3 is 12.1 Å². The predicted molar refractivity (Wildman–Crippen MR) is 266 cm³/mol. The van der Waals surface area contributed by atoms with Crippen molar-refractivity contribution in [1.82, 2.24) is 20.9 Å². The van der Waals surface area contributed by atoms with Gasteiger partial charge in [-0.3, -0.25) is 24.5 Å². The van der Waals surface area contributed by atoms with Crippen LogP contribution in [0, 0.1) is 5.92 Å². The predicted octanol–water partition coefficient (Wildman–Crippen LogP) is 6.02. The number of methoxy groups -OCH3 is 2. The molecule has 8 atom stereocenters. The molecule has 3 aliphatic heterocycles. The Kier molecular flexibility index (Phi) is 19.9. The maximum Gasteiger partial charge on any atom is 0.409 e. The summed E-state index contributed by atoms with van der Waals surface area (Å²) in [4.78, 5) is 81.3. The number of hydrogen-bond donors (Lipinski definition) is 4. The topological polar surface area (TPSA) is 215 Å². The van der Waals surface area contributed by atoms with Crippen molar-refractivity contribution in [2.24, 2.45) is 5.92 Å². The minimum atomic E-state index is -1.86. The number of carbonyl (C=O) groups excluding carboxylic acids is 6. The monoisotopic (exact) mass is 1020 g/mol. The molecule has 2 saturated heterocycles. The van der Waals surface area contributed by atoms with E-state index in [1.807, 2.05) is 37.3 Å². The Hall–Kier alpha value is -4.79. The minimum absolute atomic E-state index is 0.0157. The molecule has 4 N–H and O–H groups in total. The molecular formula is C49H66ClN5O12S2. The molecule has 17 nitrogen and oxygen atoms in total. The van der Waals surface area contributed by atoms with E-state index in [-0.39, 0.29) is 42.0 Å². The third kappa shape index (κ3) is 14.6. The van der Waals surface area contributed by atoms with Gasteiger partial charge in [0.05, 0.1) is 25.3 Å². The zero-order valence-corrected chi connectivity index (χ0v) is 43.1. The largest absolute Gasteiger partial charge is 0.495 e. The molecule has 0 aliphatic carbocycles. The number of hydrogen-bond acceptors (Lipinski definition) is 14. The van der Waals surface area contributed by atoms with Crippen LogP contribution in [0.1, 0.15) is 83.4 Å². The van der Waals surface area contributed by atoms with Gasteiger partial charge in [0.1, 0.15) is 40.7 Å². The number of epoxide rings is 1. The third-order valence-corrected chi connectivity index (χ3v) is 15.5. The number of allylic oxidation sites excluding steroid dienone is 3. The van der Waals surface area contributed by atoms with Crippen LogP contribution < -0.4 is 25.6 Å². The number of nitrogens with zero attached hydrogens (tertiary/aromatic N) is 2. The molecule has 0 radical (unpaired) electrons. The fourth-order valence-electron chi connectivity index (χ4n) is 8.17. The van der Waals surface area contributed by atoms with Crippen molar-refractivity contribution in [3.63, 3.8) is 0 Å². The Morgan fingerprint density at radius 2 is 1.68 bits per heavy atom. The van der Waals surface area contributed by atoms with Crippen molar-refractivity contribution in [1.29, 1.82) is 0 Å². The van der Waals surface area contributed by atoms with Crippen LogP contribution in [0.3, 0.4) is 0 Å². The highest BCUT2D eigenvalue weighted by Crippen LogP contribution is 2.49. The zero-order valence-electron chi connectivity index (χ0n) is 40.8. The fraction of sp³-hybridized carbons (Fsp3) is 0.551. The first-order chi connectivity index (χ1) is 32.7. The molecule has 0 spiro atoms. The van der Waals surface area contributed by atoms with Gasteiger partial charge in [0, 0.05) is 77.4 Å². The molecule has 5 amide bonds. The first kappa shape index (κ1) is 55.1. The lowest BCUT2D eigenvalue weighted by molar-refractivity contribution is -0.162. The summed E-state index contributed by atoms with van der Waals surface area (Å²) in [6, 6.07) is 10.2. The molecular weight excluding hydrogens is 950 g/mol. The molecule has 2 aromatic rings. The van der Waals surface area contributed by atoms with Crippen LogP contribution in [-0.4, -0.2) is 127 Å². The minimum Gasteiger partial charge on any atom is -0.495 e. The van der Waals surface area contributed by atoms with Crippen LogP contribution in [0.15, 0.2) is 60.2 Å². The molecule has 0 saturated carbocycles. The number of amides is 5. The van der Waals surface area contributed by atoms with Crippen LogP contribution in [0.5, 0.6) is 5.75 Å². The molecule has 3 heterocycles. The number of carbonyl (C=O) groups is 6. The Morgan fingerprint density at radius 1 is 1.04 bits per heavy atom. The van der Waals surface area contributed by atoms with E-state index in [9.17, 15) is 33.9 Å². The number of esters is 1. The van der Waals surface area contributed by atoms with Crippen LogP contribution in [0.2, 0.25) is 5.02 Å². The van der Waals surface area contributed by atoms with Crippen LogP contribution in [0.4, 0.5) is 10.5 Å². The molecule has 0 unspecified atom stereocenters. The van der Waals surface area contributed by atoms with E-state index in [4.69, 9.17) is 35.3 Å².